The molecule has 18 heavy (non-hydrogen) atoms. The molecule has 0 aromatic heterocycles. The number of hydrogen-bond donors (Lipinski definition) is 1. The first-order valence-corrected chi connectivity index (χ1v) is 5.55. The molecule has 0 fully saturated rings. The molecular formula is C15H12O3. The first kappa shape index (κ1) is 12.0. The summed E-state index contributed by atoms with van der Waals surface area (Å²) in [4.78, 5) is 21.3. The lowest BCUT2D eigenvalue weighted by molar-refractivity contribution is -0.136. The van der Waals surface area contributed by atoms with Gasteiger partial charge in [-0.25, -0.2) is 0 Å². The molecule has 2 aromatic rings. The van der Waals surface area contributed by atoms with Crippen LogP contribution >= 0.6 is 0 Å². The molecule has 0 heterocycles. The summed E-state index contributed by atoms with van der Waals surface area (Å²) in [6.45, 7) is 0. The first-order chi connectivity index (χ1) is 8.69. The summed E-state index contributed by atoms with van der Waals surface area (Å²) in [5.74, 6) is -0.842. The number of hydrogen-bond acceptors (Lipinski definition) is 2. The minimum absolute atomic E-state index is 0.0225. The van der Waals surface area contributed by atoms with E-state index in [1.165, 1.54) is 0 Å². The number of carboxylic acid groups (broad SMARTS) is 1. The van der Waals surface area contributed by atoms with Crippen LogP contribution in [-0.2, 0) is 11.2 Å². The highest BCUT2D eigenvalue weighted by atomic mass is 16.4. The van der Waals surface area contributed by atoms with Gasteiger partial charge in [0.2, 0.25) is 0 Å². The molecule has 3 heteroatoms. The summed E-state index contributed by atoms with van der Waals surface area (Å²) < 4.78 is 0. The van der Waals surface area contributed by atoms with Gasteiger partial charge >= 0.3 is 5.97 Å². The van der Waals surface area contributed by atoms with Crippen molar-refractivity contribution in [1.29, 1.82) is 0 Å². The number of rotatable bonds is 4. The zero-order valence-corrected chi connectivity index (χ0v) is 9.67. The molecule has 0 saturated heterocycles. The molecule has 2 aromatic carbocycles. The van der Waals surface area contributed by atoms with Crippen LogP contribution in [0.4, 0.5) is 0 Å². The van der Waals surface area contributed by atoms with Gasteiger partial charge in [-0.3, -0.25) is 9.59 Å². The van der Waals surface area contributed by atoms with Crippen LogP contribution in [0.3, 0.4) is 0 Å². The van der Waals surface area contributed by atoms with Gasteiger partial charge in [0.25, 0.3) is 0 Å². The summed E-state index contributed by atoms with van der Waals surface area (Å²) in [7, 11) is 0. The van der Waals surface area contributed by atoms with E-state index in [0.29, 0.717) is 5.56 Å². The fourth-order valence-corrected chi connectivity index (χ4v) is 1.78. The topological polar surface area (TPSA) is 54.4 Å². The van der Waals surface area contributed by atoms with Crippen LogP contribution in [0.25, 0.3) is 11.1 Å². The van der Waals surface area contributed by atoms with E-state index in [4.69, 9.17) is 5.11 Å². The third-order valence-electron chi connectivity index (χ3n) is 2.67. The van der Waals surface area contributed by atoms with Crippen molar-refractivity contribution in [2.24, 2.45) is 0 Å². The molecule has 0 atom stereocenters. The number of carbonyl (C=O) groups excluding carboxylic acids is 1. The fraction of sp³-hybridized carbons (Fsp3) is 0.0667. The maximum Gasteiger partial charge on any atom is 0.307 e. The Hall–Kier alpha value is -2.42. The molecule has 0 aliphatic rings. The van der Waals surface area contributed by atoms with Gasteiger partial charge in [-0.15, -0.1) is 0 Å². The molecule has 90 valence electrons. The molecule has 2 rings (SSSR count). The highest BCUT2D eigenvalue weighted by Gasteiger charge is 2.02. The lowest BCUT2D eigenvalue weighted by atomic mass is 10.0. The van der Waals surface area contributed by atoms with E-state index >= 15 is 0 Å². The Bertz CT molecular complexity index is 571. The summed E-state index contributed by atoms with van der Waals surface area (Å²) in [5, 5.41) is 8.68. The van der Waals surface area contributed by atoms with Crippen molar-refractivity contribution >= 4 is 12.3 Å². The smallest absolute Gasteiger partial charge is 0.307 e. The van der Waals surface area contributed by atoms with E-state index in [9.17, 15) is 9.59 Å². The Balaban J connectivity index is 2.28. The van der Waals surface area contributed by atoms with Gasteiger partial charge < -0.3 is 5.11 Å². The second-order valence-electron chi connectivity index (χ2n) is 4.01. The van der Waals surface area contributed by atoms with E-state index in [1.807, 2.05) is 24.3 Å². The minimum atomic E-state index is -0.842. The zero-order valence-electron chi connectivity index (χ0n) is 9.67. The number of carbonyl (C=O) groups is 2. The summed E-state index contributed by atoms with van der Waals surface area (Å²) in [5.41, 5.74) is 3.30. The molecule has 0 aliphatic heterocycles. The second kappa shape index (κ2) is 5.27. The standard InChI is InChI=1S/C15H12O3/c16-10-12-2-1-3-14(8-12)13-6-4-11(5-7-13)9-15(17)18/h1-8,10H,9H2,(H,17,18). The zero-order chi connectivity index (χ0) is 13.0. The van der Waals surface area contributed by atoms with Crippen LogP contribution in [0.5, 0.6) is 0 Å². The van der Waals surface area contributed by atoms with Crippen molar-refractivity contribution in [2.75, 3.05) is 0 Å². The van der Waals surface area contributed by atoms with Crippen molar-refractivity contribution in [2.45, 2.75) is 6.42 Å². The molecule has 0 saturated carbocycles. The van der Waals surface area contributed by atoms with Crippen LogP contribution in [0.1, 0.15) is 15.9 Å². The van der Waals surface area contributed by atoms with Crippen molar-refractivity contribution in [3.05, 3.63) is 59.7 Å². The minimum Gasteiger partial charge on any atom is -0.481 e. The highest BCUT2D eigenvalue weighted by Crippen LogP contribution is 2.20. The SMILES string of the molecule is O=Cc1cccc(-c2ccc(CC(=O)O)cc2)c1. The molecule has 0 amide bonds. The molecule has 0 bridgehead atoms. The van der Waals surface area contributed by atoms with Gasteiger partial charge in [-0.2, -0.15) is 0 Å². The van der Waals surface area contributed by atoms with Crippen LogP contribution in [-0.4, -0.2) is 17.4 Å². The van der Waals surface area contributed by atoms with Crippen molar-refractivity contribution in [1.82, 2.24) is 0 Å². The molecule has 0 radical (unpaired) electrons. The Morgan fingerprint density at radius 2 is 1.78 bits per heavy atom. The van der Waals surface area contributed by atoms with Crippen LogP contribution in [0, 0.1) is 0 Å². The third kappa shape index (κ3) is 2.83. The van der Waals surface area contributed by atoms with E-state index in [1.54, 1.807) is 24.3 Å². The van der Waals surface area contributed by atoms with Gasteiger partial charge in [0.15, 0.2) is 0 Å². The molecule has 0 spiro atoms. The Labute approximate surface area is 105 Å². The molecule has 3 nitrogen and oxygen atoms in total. The summed E-state index contributed by atoms with van der Waals surface area (Å²) in [6, 6.07) is 14.6. The average molecular weight is 240 g/mol. The van der Waals surface area contributed by atoms with Gasteiger partial charge in [0, 0.05) is 5.56 Å². The number of carboxylic acids is 1. The third-order valence-corrected chi connectivity index (χ3v) is 2.67. The predicted octanol–water partition coefficient (Wildman–Crippen LogP) is 2.79. The maximum absolute atomic E-state index is 10.7. The normalized spacial score (nSPS) is 10.0. The second-order valence-corrected chi connectivity index (χ2v) is 4.01. The highest BCUT2D eigenvalue weighted by molar-refractivity contribution is 5.79. The predicted molar refractivity (Wildman–Crippen MR) is 68.6 cm³/mol. The van der Waals surface area contributed by atoms with Gasteiger partial charge in [0.1, 0.15) is 6.29 Å². The van der Waals surface area contributed by atoms with Crippen LogP contribution in [0.2, 0.25) is 0 Å². The number of benzene rings is 2. The van der Waals surface area contributed by atoms with Crippen molar-refractivity contribution in [3.8, 4) is 11.1 Å². The van der Waals surface area contributed by atoms with E-state index in [-0.39, 0.29) is 6.42 Å². The monoisotopic (exact) mass is 240 g/mol. The van der Waals surface area contributed by atoms with Gasteiger partial charge in [-0.05, 0) is 22.8 Å². The Morgan fingerprint density at radius 1 is 1.06 bits per heavy atom. The lowest BCUT2D eigenvalue weighted by Crippen LogP contribution is -1.99. The maximum atomic E-state index is 10.7. The molecule has 0 unspecified atom stereocenters. The fourth-order valence-electron chi connectivity index (χ4n) is 1.78. The van der Waals surface area contributed by atoms with Gasteiger partial charge in [-0.1, -0.05) is 42.5 Å². The average Bonchev–Trinajstić information content (AvgIpc) is 2.39. The summed E-state index contributed by atoms with van der Waals surface area (Å²) in [6.07, 6.45) is 0.830. The molecular weight excluding hydrogens is 228 g/mol. The quantitative estimate of drug-likeness (QED) is 0.836. The van der Waals surface area contributed by atoms with Gasteiger partial charge in [0.05, 0.1) is 6.42 Å². The van der Waals surface area contributed by atoms with E-state index in [2.05, 4.69) is 0 Å². The van der Waals surface area contributed by atoms with Crippen molar-refractivity contribution < 1.29 is 14.7 Å². The van der Waals surface area contributed by atoms with Crippen molar-refractivity contribution in [3.63, 3.8) is 0 Å². The van der Waals surface area contributed by atoms with E-state index < -0.39 is 5.97 Å². The van der Waals surface area contributed by atoms with Crippen LogP contribution in [0.15, 0.2) is 48.5 Å². The number of aliphatic carboxylic acids is 1. The van der Waals surface area contributed by atoms with Crippen LogP contribution < -0.4 is 0 Å². The summed E-state index contributed by atoms with van der Waals surface area (Å²) >= 11 is 0. The molecule has 1 N–H and O–H groups in total. The van der Waals surface area contributed by atoms with E-state index in [0.717, 1.165) is 23.0 Å². The Morgan fingerprint density at radius 3 is 2.39 bits per heavy atom. The lowest BCUT2D eigenvalue weighted by Gasteiger charge is -2.03. The molecule has 0 aliphatic carbocycles. The number of aldehydes is 1. The first-order valence-electron chi connectivity index (χ1n) is 5.55. The largest absolute Gasteiger partial charge is 0.481 e. The Kier molecular flexibility index (Phi) is 3.53.